The Kier molecular flexibility index (Phi) is 36.4. The molecule has 8 nitrogen and oxygen atoms in total. The second-order valence-corrected chi connectivity index (χ2v) is 9.45. The normalized spacial score (nSPS) is 10.0. The second kappa shape index (κ2) is 33.2. The third kappa shape index (κ3) is 39.8. The molecule has 0 aliphatic heterocycles. The van der Waals surface area contributed by atoms with Gasteiger partial charge in [0.25, 0.3) is 0 Å². The van der Waals surface area contributed by atoms with Gasteiger partial charge in [-0.1, -0.05) is 117 Å². The van der Waals surface area contributed by atoms with E-state index in [9.17, 15) is 29.4 Å². The zero-order chi connectivity index (χ0) is 27.3. The van der Waals surface area contributed by atoms with Gasteiger partial charge < -0.3 is 30.4 Å². The summed E-state index contributed by atoms with van der Waals surface area (Å²) in [6, 6.07) is 0. The minimum absolute atomic E-state index is 0. The molecule has 0 aliphatic rings. The van der Waals surface area contributed by atoms with Crippen molar-refractivity contribution in [3.63, 3.8) is 0 Å². The van der Waals surface area contributed by atoms with Gasteiger partial charge >= 0.3 is 37.7 Å². The van der Waals surface area contributed by atoms with Gasteiger partial charge in [0.1, 0.15) is 0 Å². The molecule has 0 saturated heterocycles. The average molecular weight is 553 g/mol. The van der Waals surface area contributed by atoms with E-state index in [1.165, 1.54) is 89.9 Å². The van der Waals surface area contributed by atoms with Crippen molar-refractivity contribution in [3.8, 4) is 0 Å². The summed E-state index contributed by atoms with van der Waals surface area (Å²) < 4.78 is 0. The molecule has 212 valence electrons. The molecule has 9 heteroatoms. The first-order valence-electron chi connectivity index (χ1n) is 14.3. The molecule has 0 rings (SSSR count). The number of aliphatic carboxylic acids is 2. The molecule has 0 aromatic rings. The number of carbonyl (C=O) groups excluding carboxylic acids is 4. The van der Waals surface area contributed by atoms with E-state index in [0.29, 0.717) is 12.8 Å². The number of amides is 2. The molecule has 2 amide bonds. The van der Waals surface area contributed by atoms with E-state index in [-0.39, 0.29) is 62.6 Å². The fourth-order valence-electron chi connectivity index (χ4n) is 3.71. The van der Waals surface area contributed by atoms with Crippen LogP contribution in [-0.4, -0.2) is 74.6 Å². The van der Waals surface area contributed by atoms with Crippen LogP contribution in [0.1, 0.15) is 142 Å². The van der Waals surface area contributed by atoms with Crippen LogP contribution in [0.15, 0.2) is 0 Å². The molecule has 0 aromatic carbocycles. The number of nitrogens with one attached hydrogen (secondary N) is 2. The van der Waals surface area contributed by atoms with Gasteiger partial charge in [0.15, 0.2) is 0 Å². The maximum absolute atomic E-state index is 11.2. The number of hydrogen-bond donors (Lipinski definition) is 2. The Hall–Kier alpha value is -0.860. The van der Waals surface area contributed by atoms with Crippen molar-refractivity contribution in [3.05, 3.63) is 0 Å². The third-order valence-corrected chi connectivity index (χ3v) is 5.87. The van der Waals surface area contributed by atoms with Crippen molar-refractivity contribution in [2.24, 2.45) is 0 Å². The fourth-order valence-corrected chi connectivity index (χ4v) is 3.71. The van der Waals surface area contributed by atoms with Crippen molar-refractivity contribution in [1.29, 1.82) is 0 Å². The van der Waals surface area contributed by atoms with Crippen LogP contribution >= 0.6 is 0 Å². The van der Waals surface area contributed by atoms with E-state index in [4.69, 9.17) is 0 Å². The summed E-state index contributed by atoms with van der Waals surface area (Å²) in [4.78, 5) is 42.5. The van der Waals surface area contributed by atoms with Crippen LogP contribution < -0.4 is 20.8 Å². The fraction of sp³-hybridized carbons (Fsp3) is 0.857. The third-order valence-electron chi connectivity index (χ3n) is 5.87. The molecule has 0 aliphatic carbocycles. The monoisotopic (exact) mass is 552 g/mol. The number of rotatable bonds is 24. The van der Waals surface area contributed by atoms with Crippen LogP contribution in [0.2, 0.25) is 0 Å². The van der Waals surface area contributed by atoms with Gasteiger partial charge in [-0.25, -0.2) is 0 Å². The molecule has 2 N–H and O–H groups in total. The van der Waals surface area contributed by atoms with Crippen molar-refractivity contribution in [2.75, 3.05) is 13.1 Å². The predicted molar refractivity (Wildman–Crippen MR) is 145 cm³/mol. The molecule has 0 heterocycles. The Labute approximate surface area is 255 Å². The van der Waals surface area contributed by atoms with Gasteiger partial charge in [-0.05, 0) is 12.8 Å². The molecule has 0 radical (unpaired) electrons. The minimum Gasteiger partial charge on any atom is -0.548 e. The molecule has 0 unspecified atom stereocenters. The standard InChI is InChI=1S/2C14H27NO3.Ca/c2*1-2-3-4-5-6-7-8-9-10-11-13(16)15-12-14(17)18;/h2*2-12H2,1H3,(H,15,16)(H,17,18);/q;;+2/p-2. The Balaban J connectivity index is -0.000000608. The predicted octanol–water partition coefficient (Wildman–Crippen LogP) is 3.17. The van der Waals surface area contributed by atoms with E-state index < -0.39 is 11.9 Å². The number of carboxylic acid groups (broad SMARTS) is 2. The van der Waals surface area contributed by atoms with Gasteiger partial charge in [-0.2, -0.15) is 0 Å². The first-order valence-corrected chi connectivity index (χ1v) is 14.3. The van der Waals surface area contributed by atoms with Gasteiger partial charge in [0.05, 0.1) is 25.0 Å². The van der Waals surface area contributed by atoms with Crippen molar-refractivity contribution in [1.82, 2.24) is 10.6 Å². The number of carboxylic acids is 2. The first-order chi connectivity index (χ1) is 17.3. The topological polar surface area (TPSA) is 138 Å². The molecule has 0 spiro atoms. The summed E-state index contributed by atoms with van der Waals surface area (Å²) in [6.45, 7) is 3.67. The molecule has 37 heavy (non-hydrogen) atoms. The average Bonchev–Trinajstić information content (AvgIpc) is 2.84. The van der Waals surface area contributed by atoms with E-state index >= 15 is 0 Å². The van der Waals surface area contributed by atoms with Crippen LogP contribution in [0.25, 0.3) is 0 Å². The van der Waals surface area contributed by atoms with Crippen LogP contribution in [0.5, 0.6) is 0 Å². The summed E-state index contributed by atoms with van der Waals surface area (Å²) in [5.74, 6) is -2.87. The van der Waals surface area contributed by atoms with E-state index in [1.54, 1.807) is 0 Å². The molecule has 0 fully saturated rings. The summed E-state index contributed by atoms with van der Waals surface area (Å²) in [7, 11) is 0. The quantitative estimate of drug-likeness (QED) is 0.139. The van der Waals surface area contributed by atoms with Crippen molar-refractivity contribution in [2.45, 2.75) is 142 Å². The Morgan fingerprint density at radius 2 is 0.703 bits per heavy atom. The summed E-state index contributed by atoms with van der Waals surface area (Å²) in [6.07, 6.45) is 22.5. The summed E-state index contributed by atoms with van der Waals surface area (Å²) in [5, 5.41) is 24.8. The smallest absolute Gasteiger partial charge is 0.548 e. The Bertz CT molecular complexity index is 513. The van der Waals surface area contributed by atoms with Gasteiger partial charge in [0.2, 0.25) is 11.8 Å². The van der Waals surface area contributed by atoms with Gasteiger partial charge in [-0.15, -0.1) is 0 Å². The molecule has 0 saturated carbocycles. The van der Waals surface area contributed by atoms with Crippen LogP contribution in [0.4, 0.5) is 0 Å². The largest absolute Gasteiger partial charge is 2.00 e. The van der Waals surface area contributed by atoms with Crippen molar-refractivity contribution < 1.29 is 29.4 Å². The zero-order valence-corrected chi connectivity index (χ0v) is 25.9. The van der Waals surface area contributed by atoms with Gasteiger partial charge in [-0.3, -0.25) is 9.59 Å². The Morgan fingerprint density at radius 3 is 0.946 bits per heavy atom. The molecular formula is C28H52CaN2O6. The summed E-state index contributed by atoms with van der Waals surface area (Å²) >= 11 is 0. The van der Waals surface area contributed by atoms with Crippen LogP contribution in [-0.2, 0) is 19.2 Å². The van der Waals surface area contributed by atoms with E-state index in [2.05, 4.69) is 24.5 Å². The van der Waals surface area contributed by atoms with E-state index in [1.807, 2.05) is 0 Å². The Morgan fingerprint density at radius 1 is 0.459 bits per heavy atom. The van der Waals surface area contributed by atoms with Crippen molar-refractivity contribution >= 4 is 61.5 Å². The van der Waals surface area contributed by atoms with Gasteiger partial charge in [0, 0.05) is 12.8 Å². The number of unbranched alkanes of at least 4 members (excludes halogenated alkanes) is 16. The zero-order valence-electron chi connectivity index (χ0n) is 23.7. The maximum Gasteiger partial charge on any atom is 2.00 e. The SMILES string of the molecule is CCCCCCCCCCCC(=O)NCC(=O)[O-].CCCCCCCCCCCC(=O)NCC(=O)[O-].[Ca+2]. The second-order valence-electron chi connectivity index (χ2n) is 9.45. The number of hydrogen-bond acceptors (Lipinski definition) is 6. The minimum atomic E-state index is -1.24. The van der Waals surface area contributed by atoms with E-state index in [0.717, 1.165) is 25.7 Å². The molecular weight excluding hydrogens is 500 g/mol. The molecule has 0 aromatic heterocycles. The first kappa shape index (κ1) is 40.6. The summed E-state index contributed by atoms with van der Waals surface area (Å²) in [5.41, 5.74) is 0. The maximum atomic E-state index is 11.2. The molecule has 0 bridgehead atoms. The van der Waals surface area contributed by atoms with Crippen LogP contribution in [0.3, 0.4) is 0 Å². The van der Waals surface area contributed by atoms with Crippen LogP contribution in [0, 0.1) is 0 Å². The molecule has 0 atom stereocenters. The number of carbonyl (C=O) groups is 4.